The second kappa shape index (κ2) is 10.8. The van der Waals surface area contributed by atoms with Crippen molar-refractivity contribution in [1.29, 1.82) is 0 Å². The van der Waals surface area contributed by atoms with Crippen LogP contribution in [0.4, 0.5) is 15.8 Å². The first-order chi connectivity index (χ1) is 17.3. The van der Waals surface area contributed by atoms with Crippen LogP contribution in [-0.4, -0.2) is 27.2 Å². The minimum absolute atomic E-state index is 0.0160. The lowest BCUT2D eigenvalue weighted by molar-refractivity contribution is 0.0703. The molecule has 0 aliphatic rings. The standard InChI is InChI=1S/C26H20FN3O5S/c27-18-6-9-20(10-7-18)36-30-22-14-19(8-12-23(22)31)28-25(33)16-3-1-15(2-4-16)17-5-11-21(24(32)13-17)26(34)29-35/h1-14,30-32,35H,(H,28,33)(H,29,34). The molecule has 182 valence electrons. The Balaban J connectivity index is 1.43. The van der Waals surface area contributed by atoms with Crippen molar-refractivity contribution in [2.75, 3.05) is 10.0 Å². The quantitative estimate of drug-likeness (QED) is 0.0652. The van der Waals surface area contributed by atoms with E-state index in [4.69, 9.17) is 5.21 Å². The summed E-state index contributed by atoms with van der Waals surface area (Å²) in [6, 6.07) is 21.4. The highest BCUT2D eigenvalue weighted by molar-refractivity contribution is 8.00. The summed E-state index contributed by atoms with van der Waals surface area (Å²) < 4.78 is 16.0. The highest BCUT2D eigenvalue weighted by Gasteiger charge is 2.13. The van der Waals surface area contributed by atoms with Gasteiger partial charge < -0.3 is 20.3 Å². The largest absolute Gasteiger partial charge is 0.507 e. The Morgan fingerprint density at radius 1 is 0.750 bits per heavy atom. The molecule has 0 aliphatic heterocycles. The molecule has 0 unspecified atom stereocenters. The Hall–Kier alpha value is -4.54. The van der Waals surface area contributed by atoms with E-state index in [1.165, 1.54) is 47.8 Å². The summed E-state index contributed by atoms with van der Waals surface area (Å²) in [5.74, 6) is -1.86. The molecule has 4 aromatic rings. The molecule has 0 aromatic heterocycles. The lowest BCUT2D eigenvalue weighted by Gasteiger charge is -2.11. The summed E-state index contributed by atoms with van der Waals surface area (Å²) in [6.45, 7) is 0. The van der Waals surface area contributed by atoms with Gasteiger partial charge in [-0.15, -0.1) is 0 Å². The molecule has 4 aromatic carbocycles. The van der Waals surface area contributed by atoms with E-state index in [1.807, 2.05) is 0 Å². The van der Waals surface area contributed by atoms with E-state index >= 15 is 0 Å². The Labute approximate surface area is 209 Å². The number of benzene rings is 4. The minimum atomic E-state index is -0.826. The van der Waals surface area contributed by atoms with Crippen LogP contribution in [0.1, 0.15) is 20.7 Å². The van der Waals surface area contributed by atoms with E-state index in [-0.39, 0.29) is 28.8 Å². The third-order valence-electron chi connectivity index (χ3n) is 5.17. The van der Waals surface area contributed by atoms with E-state index in [0.717, 1.165) is 4.90 Å². The molecule has 0 atom stereocenters. The molecule has 0 spiro atoms. The topological polar surface area (TPSA) is 131 Å². The number of aromatic hydroxyl groups is 2. The molecular formula is C26H20FN3O5S. The maximum atomic E-state index is 13.1. The van der Waals surface area contributed by atoms with Gasteiger partial charge in [0.1, 0.15) is 17.3 Å². The predicted octanol–water partition coefficient (Wildman–Crippen LogP) is 5.39. The lowest BCUT2D eigenvalue weighted by atomic mass is 10.0. The zero-order valence-electron chi connectivity index (χ0n) is 18.5. The fourth-order valence-corrected chi connectivity index (χ4v) is 3.96. The average Bonchev–Trinajstić information content (AvgIpc) is 2.89. The minimum Gasteiger partial charge on any atom is -0.507 e. The number of nitrogens with one attached hydrogen (secondary N) is 3. The maximum absolute atomic E-state index is 13.1. The maximum Gasteiger partial charge on any atom is 0.278 e. The number of halogens is 1. The van der Waals surface area contributed by atoms with Gasteiger partial charge in [-0.1, -0.05) is 18.2 Å². The van der Waals surface area contributed by atoms with Crippen molar-refractivity contribution in [1.82, 2.24) is 5.48 Å². The third-order valence-corrected chi connectivity index (χ3v) is 6.00. The lowest BCUT2D eigenvalue weighted by Crippen LogP contribution is -2.18. The molecule has 0 radical (unpaired) electrons. The van der Waals surface area contributed by atoms with Crippen molar-refractivity contribution in [2.45, 2.75) is 4.90 Å². The summed E-state index contributed by atoms with van der Waals surface area (Å²) in [6.07, 6.45) is 0. The van der Waals surface area contributed by atoms with Crippen LogP contribution in [-0.2, 0) is 0 Å². The molecule has 0 saturated heterocycles. The molecule has 6 N–H and O–H groups in total. The molecule has 36 heavy (non-hydrogen) atoms. The summed E-state index contributed by atoms with van der Waals surface area (Å²) >= 11 is 1.18. The average molecular weight is 506 g/mol. The second-order valence-corrected chi connectivity index (χ2v) is 8.47. The number of hydroxylamine groups is 1. The molecule has 10 heteroatoms. The number of hydrogen-bond acceptors (Lipinski definition) is 7. The van der Waals surface area contributed by atoms with Gasteiger partial charge in [0.25, 0.3) is 11.8 Å². The Bertz CT molecular complexity index is 1410. The van der Waals surface area contributed by atoms with E-state index in [9.17, 15) is 24.2 Å². The zero-order valence-corrected chi connectivity index (χ0v) is 19.3. The van der Waals surface area contributed by atoms with Gasteiger partial charge in [-0.3, -0.25) is 14.8 Å². The highest BCUT2D eigenvalue weighted by atomic mass is 32.2. The fraction of sp³-hybridized carbons (Fsp3) is 0. The Morgan fingerprint density at radius 3 is 2.11 bits per heavy atom. The summed E-state index contributed by atoms with van der Waals surface area (Å²) in [5.41, 5.74) is 3.91. The van der Waals surface area contributed by atoms with Crippen molar-refractivity contribution in [3.63, 3.8) is 0 Å². The number of phenolic OH excluding ortho intramolecular Hbond substituents is 2. The van der Waals surface area contributed by atoms with Gasteiger partial charge in [-0.25, -0.2) is 9.87 Å². The van der Waals surface area contributed by atoms with E-state index in [2.05, 4.69) is 10.0 Å². The second-order valence-electron chi connectivity index (χ2n) is 7.59. The van der Waals surface area contributed by atoms with Crippen molar-refractivity contribution in [2.24, 2.45) is 0 Å². The van der Waals surface area contributed by atoms with Crippen molar-refractivity contribution in [3.8, 4) is 22.6 Å². The van der Waals surface area contributed by atoms with Crippen LogP contribution in [0, 0.1) is 5.82 Å². The molecule has 0 saturated carbocycles. The van der Waals surface area contributed by atoms with Crippen molar-refractivity contribution < 1.29 is 29.4 Å². The number of phenols is 2. The van der Waals surface area contributed by atoms with Gasteiger partial charge in [-0.05, 0) is 89.8 Å². The van der Waals surface area contributed by atoms with Gasteiger partial charge in [0.15, 0.2) is 0 Å². The first kappa shape index (κ1) is 24.6. The highest BCUT2D eigenvalue weighted by Crippen LogP contribution is 2.32. The molecule has 4 rings (SSSR count). The molecule has 2 amide bonds. The summed E-state index contributed by atoms with van der Waals surface area (Å²) in [4.78, 5) is 25.0. The van der Waals surface area contributed by atoms with Crippen LogP contribution in [0.5, 0.6) is 11.5 Å². The molecule has 8 nitrogen and oxygen atoms in total. The zero-order chi connectivity index (χ0) is 25.7. The van der Waals surface area contributed by atoms with Crippen molar-refractivity contribution in [3.05, 3.63) is 102 Å². The molecule has 0 aliphatic carbocycles. The van der Waals surface area contributed by atoms with Crippen LogP contribution >= 0.6 is 11.9 Å². The third kappa shape index (κ3) is 5.74. The van der Waals surface area contributed by atoms with E-state index < -0.39 is 5.91 Å². The van der Waals surface area contributed by atoms with Gasteiger partial charge in [0.05, 0.1) is 11.3 Å². The van der Waals surface area contributed by atoms with Crippen LogP contribution in [0.2, 0.25) is 0 Å². The normalized spacial score (nSPS) is 10.5. The molecular weight excluding hydrogens is 485 g/mol. The van der Waals surface area contributed by atoms with Crippen LogP contribution < -0.4 is 15.5 Å². The van der Waals surface area contributed by atoms with Crippen LogP contribution in [0.15, 0.2) is 89.8 Å². The number of rotatable bonds is 7. The Kier molecular flexibility index (Phi) is 7.38. The van der Waals surface area contributed by atoms with E-state index in [0.29, 0.717) is 28.1 Å². The summed E-state index contributed by atoms with van der Waals surface area (Å²) in [5, 5.41) is 31.7. The van der Waals surface area contributed by atoms with Gasteiger partial charge >= 0.3 is 0 Å². The monoisotopic (exact) mass is 505 g/mol. The SMILES string of the molecule is O=C(Nc1ccc(O)c(NSc2ccc(F)cc2)c1)c1ccc(-c2ccc(C(=O)NO)c(O)c2)cc1. The summed E-state index contributed by atoms with van der Waals surface area (Å²) in [7, 11) is 0. The number of amides is 2. The van der Waals surface area contributed by atoms with Gasteiger partial charge in [0.2, 0.25) is 0 Å². The number of carbonyl (C=O) groups excluding carboxylic acids is 2. The predicted molar refractivity (Wildman–Crippen MR) is 135 cm³/mol. The first-order valence-electron chi connectivity index (χ1n) is 10.5. The molecule has 0 fully saturated rings. The number of hydrogen-bond donors (Lipinski definition) is 6. The molecule has 0 bridgehead atoms. The van der Waals surface area contributed by atoms with Gasteiger partial charge in [0, 0.05) is 16.1 Å². The van der Waals surface area contributed by atoms with Gasteiger partial charge in [-0.2, -0.15) is 0 Å². The first-order valence-corrected chi connectivity index (χ1v) is 11.4. The smallest absolute Gasteiger partial charge is 0.278 e. The van der Waals surface area contributed by atoms with E-state index in [1.54, 1.807) is 54.6 Å². The fourth-order valence-electron chi connectivity index (χ4n) is 3.29. The Morgan fingerprint density at radius 2 is 1.44 bits per heavy atom. The number of carbonyl (C=O) groups is 2. The molecule has 0 heterocycles. The number of anilines is 2. The van der Waals surface area contributed by atoms with Crippen molar-refractivity contribution >= 4 is 35.1 Å². The van der Waals surface area contributed by atoms with Crippen LogP contribution in [0.25, 0.3) is 11.1 Å². The van der Waals surface area contributed by atoms with Crippen LogP contribution in [0.3, 0.4) is 0 Å².